The van der Waals surface area contributed by atoms with Crippen LogP contribution in [0.2, 0.25) is 0 Å². The summed E-state index contributed by atoms with van der Waals surface area (Å²) in [6.07, 6.45) is 1.02. The summed E-state index contributed by atoms with van der Waals surface area (Å²) in [5, 5.41) is 14.3. The molecule has 6 heteroatoms. The van der Waals surface area contributed by atoms with Gasteiger partial charge >= 0.3 is 5.69 Å². The number of nitrogens with zero attached hydrogens (tertiary/aromatic N) is 3. The van der Waals surface area contributed by atoms with E-state index in [0.717, 1.165) is 26.1 Å². The van der Waals surface area contributed by atoms with Crippen LogP contribution in [0.4, 0.5) is 17.1 Å². The Morgan fingerprint density at radius 3 is 2.80 bits per heavy atom. The average Bonchev–Trinajstić information content (AvgIpc) is 2.58. The number of para-hydroxylation sites is 1. The van der Waals surface area contributed by atoms with E-state index in [-0.39, 0.29) is 16.7 Å². The van der Waals surface area contributed by atoms with Crippen LogP contribution < -0.4 is 10.2 Å². The van der Waals surface area contributed by atoms with E-state index in [1.54, 1.807) is 13.1 Å². The molecule has 1 atom stereocenters. The Morgan fingerprint density at radius 2 is 2.15 bits per heavy atom. The number of likely N-dealkylation sites (N-methyl/N-ethyl adjacent to an activating group) is 1. The highest BCUT2D eigenvalue weighted by molar-refractivity contribution is 5.77. The molecular formula is C14H22N4O2. The zero-order chi connectivity index (χ0) is 14.7. The van der Waals surface area contributed by atoms with E-state index in [1.807, 2.05) is 12.1 Å². The van der Waals surface area contributed by atoms with Crippen molar-refractivity contribution < 1.29 is 4.92 Å². The quantitative estimate of drug-likeness (QED) is 0.678. The molecule has 0 amide bonds. The molecule has 1 aliphatic rings. The first-order valence-corrected chi connectivity index (χ1v) is 6.95. The second kappa shape index (κ2) is 6.09. The summed E-state index contributed by atoms with van der Waals surface area (Å²) in [7, 11) is 3.81. The number of rotatable bonds is 3. The molecular weight excluding hydrogens is 256 g/mol. The molecule has 0 bridgehead atoms. The SMILES string of the molecule is CNc1cccc(N2CCCN(C)CC2C)c1[N+](=O)[O-]. The number of nitrogens with one attached hydrogen (secondary N) is 1. The lowest BCUT2D eigenvalue weighted by Gasteiger charge is -2.30. The Kier molecular flexibility index (Phi) is 4.44. The van der Waals surface area contributed by atoms with Crippen LogP contribution in [0.5, 0.6) is 0 Å². The summed E-state index contributed by atoms with van der Waals surface area (Å²) in [6, 6.07) is 5.72. The van der Waals surface area contributed by atoms with Crippen LogP contribution >= 0.6 is 0 Å². The Hall–Kier alpha value is -1.82. The molecule has 6 nitrogen and oxygen atoms in total. The van der Waals surface area contributed by atoms with Crippen molar-refractivity contribution in [3.63, 3.8) is 0 Å². The normalized spacial score (nSPS) is 20.6. The first kappa shape index (κ1) is 14.6. The van der Waals surface area contributed by atoms with Gasteiger partial charge in [-0.2, -0.15) is 0 Å². The molecule has 1 saturated heterocycles. The maximum atomic E-state index is 11.4. The minimum Gasteiger partial charge on any atom is -0.382 e. The molecule has 0 aliphatic carbocycles. The summed E-state index contributed by atoms with van der Waals surface area (Å²) in [4.78, 5) is 15.6. The highest BCUT2D eigenvalue weighted by Gasteiger charge is 2.28. The van der Waals surface area contributed by atoms with Crippen molar-refractivity contribution in [1.29, 1.82) is 0 Å². The van der Waals surface area contributed by atoms with E-state index in [9.17, 15) is 10.1 Å². The molecule has 1 aromatic carbocycles. The molecule has 0 spiro atoms. The Balaban J connectivity index is 2.43. The molecule has 1 aliphatic heterocycles. The van der Waals surface area contributed by atoms with Crippen molar-refractivity contribution >= 4 is 17.1 Å². The predicted octanol–water partition coefficient (Wildman–Crippen LogP) is 2.17. The van der Waals surface area contributed by atoms with Crippen LogP contribution in [0.25, 0.3) is 0 Å². The molecule has 0 radical (unpaired) electrons. The molecule has 1 N–H and O–H groups in total. The van der Waals surface area contributed by atoms with E-state index < -0.39 is 0 Å². The molecule has 20 heavy (non-hydrogen) atoms. The summed E-state index contributed by atoms with van der Waals surface area (Å²) in [5.41, 5.74) is 1.45. The van der Waals surface area contributed by atoms with Gasteiger partial charge < -0.3 is 15.1 Å². The molecule has 2 rings (SSSR count). The topological polar surface area (TPSA) is 61.6 Å². The highest BCUT2D eigenvalue weighted by atomic mass is 16.6. The monoisotopic (exact) mass is 278 g/mol. The van der Waals surface area contributed by atoms with Crippen LogP contribution in [-0.2, 0) is 0 Å². The van der Waals surface area contributed by atoms with E-state index in [4.69, 9.17) is 0 Å². The smallest absolute Gasteiger partial charge is 0.315 e. The van der Waals surface area contributed by atoms with Gasteiger partial charge in [0.25, 0.3) is 0 Å². The lowest BCUT2D eigenvalue weighted by Crippen LogP contribution is -2.38. The molecule has 0 aromatic heterocycles. The third kappa shape index (κ3) is 2.85. The highest BCUT2D eigenvalue weighted by Crippen LogP contribution is 2.36. The largest absolute Gasteiger partial charge is 0.382 e. The number of hydrogen-bond donors (Lipinski definition) is 1. The Morgan fingerprint density at radius 1 is 1.40 bits per heavy atom. The van der Waals surface area contributed by atoms with Crippen molar-refractivity contribution in [2.75, 3.05) is 43.9 Å². The van der Waals surface area contributed by atoms with Crippen molar-refractivity contribution in [2.45, 2.75) is 19.4 Å². The zero-order valence-electron chi connectivity index (χ0n) is 12.3. The maximum Gasteiger partial charge on any atom is 0.315 e. The van der Waals surface area contributed by atoms with Gasteiger partial charge in [-0.3, -0.25) is 10.1 Å². The number of nitro benzene ring substituents is 1. The fourth-order valence-corrected chi connectivity index (χ4v) is 2.89. The fourth-order valence-electron chi connectivity index (χ4n) is 2.89. The van der Waals surface area contributed by atoms with Gasteiger partial charge in [0.15, 0.2) is 0 Å². The van der Waals surface area contributed by atoms with E-state index >= 15 is 0 Å². The number of nitro groups is 1. The van der Waals surface area contributed by atoms with Gasteiger partial charge in [-0.25, -0.2) is 0 Å². The van der Waals surface area contributed by atoms with Crippen molar-refractivity contribution in [3.05, 3.63) is 28.3 Å². The van der Waals surface area contributed by atoms with Gasteiger partial charge in [0, 0.05) is 26.2 Å². The standard InChI is InChI=1S/C14H22N4O2/c1-11-10-16(3)8-5-9-17(11)13-7-4-6-12(15-2)14(13)18(19)20/h4,6-7,11,15H,5,8-10H2,1-3H3. The van der Waals surface area contributed by atoms with Crippen LogP contribution in [0.3, 0.4) is 0 Å². The van der Waals surface area contributed by atoms with Crippen LogP contribution in [0, 0.1) is 10.1 Å². The van der Waals surface area contributed by atoms with Crippen LogP contribution in [-0.4, -0.2) is 49.6 Å². The van der Waals surface area contributed by atoms with Gasteiger partial charge in [0.2, 0.25) is 0 Å². The van der Waals surface area contributed by atoms with Crippen molar-refractivity contribution in [3.8, 4) is 0 Å². The Labute approximate surface area is 119 Å². The van der Waals surface area contributed by atoms with E-state index in [2.05, 4.69) is 29.1 Å². The van der Waals surface area contributed by atoms with Gasteiger partial charge in [-0.15, -0.1) is 0 Å². The third-order valence-corrected chi connectivity index (χ3v) is 3.82. The first-order valence-electron chi connectivity index (χ1n) is 6.95. The summed E-state index contributed by atoms with van der Waals surface area (Å²) in [6.45, 7) is 4.92. The number of anilines is 2. The summed E-state index contributed by atoms with van der Waals surface area (Å²) in [5.74, 6) is 0. The van der Waals surface area contributed by atoms with Gasteiger partial charge in [-0.1, -0.05) is 6.07 Å². The lowest BCUT2D eigenvalue weighted by atomic mass is 10.1. The summed E-state index contributed by atoms with van der Waals surface area (Å²) >= 11 is 0. The molecule has 1 unspecified atom stereocenters. The van der Waals surface area contributed by atoms with E-state index in [1.165, 1.54) is 0 Å². The molecule has 1 aromatic rings. The molecule has 110 valence electrons. The number of hydrogen-bond acceptors (Lipinski definition) is 5. The molecule has 1 fully saturated rings. The lowest BCUT2D eigenvalue weighted by molar-refractivity contribution is -0.383. The molecule has 0 saturated carbocycles. The Bertz CT molecular complexity index is 492. The van der Waals surface area contributed by atoms with Crippen molar-refractivity contribution in [1.82, 2.24) is 4.90 Å². The van der Waals surface area contributed by atoms with Gasteiger partial charge in [0.1, 0.15) is 11.4 Å². The first-order chi connectivity index (χ1) is 9.54. The maximum absolute atomic E-state index is 11.4. The van der Waals surface area contributed by atoms with Gasteiger partial charge in [-0.05, 0) is 39.1 Å². The van der Waals surface area contributed by atoms with Crippen molar-refractivity contribution in [2.24, 2.45) is 0 Å². The second-order valence-corrected chi connectivity index (χ2v) is 5.34. The van der Waals surface area contributed by atoms with Crippen LogP contribution in [0.15, 0.2) is 18.2 Å². The summed E-state index contributed by atoms with van der Waals surface area (Å²) < 4.78 is 0. The molecule has 1 heterocycles. The second-order valence-electron chi connectivity index (χ2n) is 5.34. The van der Waals surface area contributed by atoms with E-state index in [0.29, 0.717) is 11.4 Å². The predicted molar refractivity (Wildman–Crippen MR) is 81.6 cm³/mol. The minimum absolute atomic E-state index is 0.173. The minimum atomic E-state index is -0.289. The average molecular weight is 278 g/mol. The zero-order valence-corrected chi connectivity index (χ0v) is 12.3. The third-order valence-electron chi connectivity index (χ3n) is 3.82. The van der Waals surface area contributed by atoms with Crippen LogP contribution in [0.1, 0.15) is 13.3 Å². The van der Waals surface area contributed by atoms with Gasteiger partial charge in [0.05, 0.1) is 4.92 Å². The fraction of sp³-hybridized carbons (Fsp3) is 0.571. The number of benzene rings is 1.